The van der Waals surface area contributed by atoms with Gasteiger partial charge in [-0.05, 0) is 29.8 Å². The first-order chi connectivity index (χ1) is 10.7. The standard InChI is InChI=1S/C16H14FNO4/c17-12-2-1-3-13(7-12)20-9-16(19)18-8-11-4-5-14-15(6-11)22-10-21-14/h1-7H,8-10H2,(H,18,19). The van der Waals surface area contributed by atoms with Gasteiger partial charge in [-0.1, -0.05) is 12.1 Å². The Morgan fingerprint density at radius 3 is 2.91 bits per heavy atom. The number of halogens is 1. The predicted molar refractivity (Wildman–Crippen MR) is 76.3 cm³/mol. The van der Waals surface area contributed by atoms with Crippen molar-refractivity contribution in [1.82, 2.24) is 5.32 Å². The van der Waals surface area contributed by atoms with Gasteiger partial charge in [-0.3, -0.25) is 4.79 Å². The second-order valence-corrected chi connectivity index (χ2v) is 4.71. The number of hydrogen-bond donors (Lipinski definition) is 1. The Bertz CT molecular complexity index is 690. The summed E-state index contributed by atoms with van der Waals surface area (Å²) in [6.45, 7) is 0.391. The van der Waals surface area contributed by atoms with Gasteiger partial charge in [-0.25, -0.2) is 4.39 Å². The molecule has 1 heterocycles. The van der Waals surface area contributed by atoms with Crippen LogP contribution < -0.4 is 19.5 Å². The molecule has 1 aliphatic heterocycles. The van der Waals surface area contributed by atoms with Crippen LogP contribution in [-0.4, -0.2) is 19.3 Å². The molecule has 0 fully saturated rings. The molecular weight excluding hydrogens is 289 g/mol. The Morgan fingerprint density at radius 1 is 1.18 bits per heavy atom. The molecule has 0 aromatic heterocycles. The predicted octanol–water partition coefficient (Wildman–Crippen LogP) is 2.25. The van der Waals surface area contributed by atoms with Crippen LogP contribution in [0.5, 0.6) is 17.2 Å². The smallest absolute Gasteiger partial charge is 0.258 e. The molecule has 1 N–H and O–H groups in total. The van der Waals surface area contributed by atoms with Gasteiger partial charge in [0.15, 0.2) is 18.1 Å². The van der Waals surface area contributed by atoms with Crippen molar-refractivity contribution in [2.45, 2.75) is 6.54 Å². The van der Waals surface area contributed by atoms with E-state index in [1.54, 1.807) is 12.1 Å². The van der Waals surface area contributed by atoms with Crippen LogP contribution in [0.4, 0.5) is 4.39 Å². The zero-order chi connectivity index (χ0) is 15.4. The Labute approximate surface area is 126 Å². The van der Waals surface area contributed by atoms with E-state index in [-0.39, 0.29) is 19.3 Å². The Morgan fingerprint density at radius 2 is 2.05 bits per heavy atom. The molecular formula is C16H14FNO4. The van der Waals surface area contributed by atoms with Gasteiger partial charge in [-0.2, -0.15) is 0 Å². The van der Waals surface area contributed by atoms with Crippen molar-refractivity contribution in [1.29, 1.82) is 0 Å². The number of fused-ring (bicyclic) bond motifs is 1. The maximum absolute atomic E-state index is 13.0. The minimum absolute atomic E-state index is 0.173. The van der Waals surface area contributed by atoms with Crippen LogP contribution in [0.15, 0.2) is 42.5 Å². The van der Waals surface area contributed by atoms with E-state index in [0.717, 1.165) is 5.56 Å². The van der Waals surface area contributed by atoms with Crippen LogP contribution in [0.3, 0.4) is 0 Å². The summed E-state index contributed by atoms with van der Waals surface area (Å²) in [7, 11) is 0. The summed E-state index contributed by atoms with van der Waals surface area (Å²) in [5.41, 5.74) is 0.892. The van der Waals surface area contributed by atoms with Crippen LogP contribution in [-0.2, 0) is 11.3 Å². The summed E-state index contributed by atoms with van der Waals surface area (Å²) in [5, 5.41) is 2.72. The van der Waals surface area contributed by atoms with Crippen molar-refractivity contribution >= 4 is 5.91 Å². The van der Waals surface area contributed by atoms with Gasteiger partial charge >= 0.3 is 0 Å². The van der Waals surface area contributed by atoms with E-state index >= 15 is 0 Å². The molecule has 5 nitrogen and oxygen atoms in total. The van der Waals surface area contributed by atoms with Crippen molar-refractivity contribution in [3.05, 3.63) is 53.8 Å². The molecule has 0 radical (unpaired) electrons. The van der Waals surface area contributed by atoms with E-state index in [1.807, 2.05) is 12.1 Å². The number of nitrogens with one attached hydrogen (secondary N) is 1. The van der Waals surface area contributed by atoms with Crippen LogP contribution in [0.1, 0.15) is 5.56 Å². The molecule has 2 aromatic carbocycles. The molecule has 0 unspecified atom stereocenters. The summed E-state index contributed by atoms with van der Waals surface area (Å²) < 4.78 is 28.7. The van der Waals surface area contributed by atoms with Crippen LogP contribution in [0, 0.1) is 5.82 Å². The van der Waals surface area contributed by atoms with Gasteiger partial charge in [0.2, 0.25) is 6.79 Å². The third-order valence-corrected chi connectivity index (χ3v) is 3.09. The number of benzene rings is 2. The van der Waals surface area contributed by atoms with Crippen LogP contribution in [0.2, 0.25) is 0 Å². The van der Waals surface area contributed by atoms with Crippen molar-refractivity contribution in [3.8, 4) is 17.2 Å². The topological polar surface area (TPSA) is 56.8 Å². The van der Waals surface area contributed by atoms with Crippen LogP contribution in [0.25, 0.3) is 0 Å². The van der Waals surface area contributed by atoms with Gasteiger partial charge in [0.1, 0.15) is 11.6 Å². The van der Waals surface area contributed by atoms with Gasteiger partial charge < -0.3 is 19.5 Å². The zero-order valence-electron chi connectivity index (χ0n) is 11.7. The molecule has 6 heteroatoms. The Balaban J connectivity index is 1.48. The molecule has 0 saturated heterocycles. The summed E-state index contributed by atoms with van der Waals surface area (Å²) in [6, 6.07) is 11.1. The fourth-order valence-corrected chi connectivity index (χ4v) is 2.01. The first kappa shape index (κ1) is 14.2. The van der Waals surface area contributed by atoms with Gasteiger partial charge in [0.25, 0.3) is 5.91 Å². The van der Waals surface area contributed by atoms with Crippen molar-refractivity contribution in [2.24, 2.45) is 0 Å². The molecule has 22 heavy (non-hydrogen) atoms. The van der Waals surface area contributed by atoms with Gasteiger partial charge in [-0.15, -0.1) is 0 Å². The highest BCUT2D eigenvalue weighted by Crippen LogP contribution is 2.32. The molecule has 0 bridgehead atoms. The maximum Gasteiger partial charge on any atom is 0.258 e. The largest absolute Gasteiger partial charge is 0.484 e. The SMILES string of the molecule is O=C(COc1cccc(F)c1)NCc1ccc2c(c1)OCO2. The quantitative estimate of drug-likeness (QED) is 0.920. The van der Waals surface area contributed by atoms with E-state index in [9.17, 15) is 9.18 Å². The lowest BCUT2D eigenvalue weighted by Crippen LogP contribution is -2.28. The Kier molecular flexibility index (Phi) is 4.09. The number of ether oxygens (including phenoxy) is 3. The van der Waals surface area contributed by atoms with E-state index in [0.29, 0.717) is 23.8 Å². The van der Waals surface area contributed by atoms with Crippen LogP contribution >= 0.6 is 0 Å². The third-order valence-electron chi connectivity index (χ3n) is 3.09. The molecule has 2 aromatic rings. The molecule has 114 valence electrons. The molecule has 1 aliphatic rings. The van der Waals surface area contributed by atoms with Crippen molar-refractivity contribution < 1.29 is 23.4 Å². The summed E-state index contributed by atoms with van der Waals surface area (Å²) in [5.74, 6) is 0.991. The molecule has 0 saturated carbocycles. The first-order valence-electron chi connectivity index (χ1n) is 6.74. The van der Waals surface area contributed by atoms with Crippen molar-refractivity contribution in [2.75, 3.05) is 13.4 Å². The minimum atomic E-state index is -0.404. The molecule has 0 aliphatic carbocycles. The molecule has 0 atom stereocenters. The van der Waals surface area contributed by atoms with E-state index < -0.39 is 5.82 Å². The van der Waals surface area contributed by atoms with E-state index in [1.165, 1.54) is 18.2 Å². The number of rotatable bonds is 5. The lowest BCUT2D eigenvalue weighted by molar-refractivity contribution is -0.123. The van der Waals surface area contributed by atoms with E-state index in [2.05, 4.69) is 5.32 Å². The monoisotopic (exact) mass is 303 g/mol. The third kappa shape index (κ3) is 3.46. The van der Waals surface area contributed by atoms with Gasteiger partial charge in [0, 0.05) is 12.6 Å². The Hall–Kier alpha value is -2.76. The number of amides is 1. The number of hydrogen-bond acceptors (Lipinski definition) is 4. The number of carbonyl (C=O) groups excluding carboxylic acids is 1. The maximum atomic E-state index is 13.0. The van der Waals surface area contributed by atoms with Gasteiger partial charge in [0.05, 0.1) is 0 Å². The molecule has 1 amide bonds. The average molecular weight is 303 g/mol. The van der Waals surface area contributed by atoms with E-state index in [4.69, 9.17) is 14.2 Å². The minimum Gasteiger partial charge on any atom is -0.484 e. The summed E-state index contributed by atoms with van der Waals surface area (Å²) >= 11 is 0. The first-order valence-corrected chi connectivity index (χ1v) is 6.74. The van der Waals surface area contributed by atoms with Crippen molar-refractivity contribution in [3.63, 3.8) is 0 Å². The second-order valence-electron chi connectivity index (χ2n) is 4.71. The normalized spacial score (nSPS) is 12.0. The second kappa shape index (κ2) is 6.34. The molecule has 0 spiro atoms. The highest BCUT2D eigenvalue weighted by atomic mass is 19.1. The average Bonchev–Trinajstić information content (AvgIpc) is 2.98. The highest BCUT2D eigenvalue weighted by molar-refractivity contribution is 5.77. The fraction of sp³-hybridized carbons (Fsp3) is 0.188. The molecule has 3 rings (SSSR count). The lowest BCUT2D eigenvalue weighted by Gasteiger charge is -2.08. The highest BCUT2D eigenvalue weighted by Gasteiger charge is 2.13. The lowest BCUT2D eigenvalue weighted by atomic mass is 10.2. The fourth-order valence-electron chi connectivity index (χ4n) is 2.01. The summed E-state index contributed by atoms with van der Waals surface area (Å²) in [4.78, 5) is 11.7. The summed E-state index contributed by atoms with van der Waals surface area (Å²) in [6.07, 6.45) is 0. The zero-order valence-corrected chi connectivity index (χ0v) is 11.7. The number of carbonyl (C=O) groups is 1.